The minimum Gasteiger partial charge on any atom is -0.240 e. The van der Waals surface area contributed by atoms with Crippen molar-refractivity contribution < 1.29 is 4.57 Å². The van der Waals surface area contributed by atoms with Crippen LogP contribution in [-0.4, -0.2) is 4.57 Å². The zero-order valence-corrected chi connectivity index (χ0v) is 24.6. The highest BCUT2D eigenvalue weighted by molar-refractivity contribution is 4.65. The molecule has 0 aliphatic rings. The molecule has 1 aromatic rings. The van der Waals surface area contributed by atoms with Crippen molar-refractivity contribution >= 4 is 0 Å². The van der Waals surface area contributed by atoms with Gasteiger partial charge in [-0.1, -0.05) is 155 Å². The first-order valence-electron chi connectivity index (χ1n) is 16.3. The number of aromatic nitrogens is 2. The van der Waals surface area contributed by atoms with Crippen LogP contribution in [0.2, 0.25) is 0 Å². The van der Waals surface area contributed by atoms with Gasteiger partial charge in [-0.3, -0.25) is 0 Å². The van der Waals surface area contributed by atoms with E-state index in [0.29, 0.717) is 6.04 Å². The quantitative estimate of drug-likeness (QED) is 0.0858. The maximum atomic E-state index is 2.50. The fourth-order valence-electron chi connectivity index (χ4n) is 5.57. The first-order valence-corrected chi connectivity index (χ1v) is 16.3. The molecule has 0 amide bonds. The van der Waals surface area contributed by atoms with Gasteiger partial charge in [-0.25, -0.2) is 9.13 Å². The molecule has 0 saturated carbocycles. The second-order valence-electron chi connectivity index (χ2n) is 11.5. The van der Waals surface area contributed by atoms with Gasteiger partial charge >= 0.3 is 0 Å². The van der Waals surface area contributed by atoms with Gasteiger partial charge in [-0.2, -0.15) is 0 Å². The average molecular weight is 490 g/mol. The summed E-state index contributed by atoms with van der Waals surface area (Å²) in [6.45, 7) is 4.61. The van der Waals surface area contributed by atoms with Gasteiger partial charge in [0.15, 0.2) is 0 Å². The molecule has 35 heavy (non-hydrogen) atoms. The summed E-state index contributed by atoms with van der Waals surface area (Å²) in [4.78, 5) is 0. The van der Waals surface area contributed by atoms with Crippen molar-refractivity contribution in [3.8, 4) is 0 Å². The van der Waals surface area contributed by atoms with E-state index >= 15 is 0 Å². The van der Waals surface area contributed by atoms with E-state index in [1.807, 2.05) is 0 Å². The Labute approximate surface area is 221 Å². The van der Waals surface area contributed by atoms with E-state index in [9.17, 15) is 0 Å². The highest BCUT2D eigenvalue weighted by atomic mass is 15.1. The molecule has 0 radical (unpaired) electrons. The van der Waals surface area contributed by atoms with Crippen molar-refractivity contribution in [2.75, 3.05) is 0 Å². The Morgan fingerprint density at radius 2 is 0.800 bits per heavy atom. The maximum absolute atomic E-state index is 2.50. The standard InChI is InChI=1S/C33H65N2/c1-4-6-8-10-12-14-16-18-20-22-24-26-28-33(35-31-30-34(3)32-35)29-27-25-23-21-19-17-15-13-11-9-7-5-2/h30-33H,4-29H2,1-3H3/q+1. The Kier molecular flexibility index (Phi) is 22.9. The van der Waals surface area contributed by atoms with Gasteiger partial charge in [0.2, 0.25) is 6.33 Å². The molecule has 0 aromatic carbocycles. The summed E-state index contributed by atoms with van der Waals surface area (Å²) in [6.07, 6.45) is 44.2. The molecule has 0 aliphatic carbocycles. The Balaban J connectivity index is 2.04. The van der Waals surface area contributed by atoms with Gasteiger partial charge < -0.3 is 0 Å². The molecule has 1 heterocycles. The van der Waals surface area contributed by atoms with Crippen LogP contribution in [0.3, 0.4) is 0 Å². The molecule has 1 aromatic heterocycles. The van der Waals surface area contributed by atoms with Gasteiger partial charge in [0, 0.05) is 0 Å². The number of imidazole rings is 1. The molecule has 1 rings (SSSR count). The van der Waals surface area contributed by atoms with E-state index in [0.717, 1.165) is 0 Å². The van der Waals surface area contributed by atoms with E-state index in [4.69, 9.17) is 0 Å². The van der Waals surface area contributed by atoms with Crippen molar-refractivity contribution in [3.63, 3.8) is 0 Å². The van der Waals surface area contributed by atoms with Crippen molar-refractivity contribution in [3.05, 3.63) is 18.7 Å². The number of rotatable bonds is 27. The van der Waals surface area contributed by atoms with Crippen LogP contribution >= 0.6 is 0 Å². The summed E-state index contributed by atoms with van der Waals surface area (Å²) in [5.41, 5.74) is 0. The van der Waals surface area contributed by atoms with Gasteiger partial charge in [-0.15, -0.1) is 0 Å². The number of hydrogen-bond acceptors (Lipinski definition) is 0. The van der Waals surface area contributed by atoms with Gasteiger partial charge in [-0.05, 0) is 25.7 Å². The second-order valence-corrected chi connectivity index (χ2v) is 11.5. The van der Waals surface area contributed by atoms with Crippen LogP contribution in [0.5, 0.6) is 0 Å². The predicted octanol–water partition coefficient (Wildman–Crippen LogP) is 11.0. The lowest BCUT2D eigenvalue weighted by Crippen LogP contribution is -2.37. The third kappa shape index (κ3) is 20.0. The average Bonchev–Trinajstić information content (AvgIpc) is 3.30. The number of nitrogens with zero attached hydrogens (tertiary/aromatic N) is 2. The lowest BCUT2D eigenvalue weighted by molar-refractivity contribution is -0.724. The fraction of sp³-hybridized carbons (Fsp3) is 0.909. The van der Waals surface area contributed by atoms with Crippen LogP contribution in [0, 0.1) is 0 Å². The van der Waals surface area contributed by atoms with Crippen molar-refractivity contribution in [2.24, 2.45) is 7.05 Å². The summed E-state index contributed by atoms with van der Waals surface area (Å²) >= 11 is 0. The van der Waals surface area contributed by atoms with E-state index < -0.39 is 0 Å². The highest BCUT2D eigenvalue weighted by Gasteiger charge is 2.15. The third-order valence-corrected chi connectivity index (χ3v) is 7.99. The van der Waals surface area contributed by atoms with Crippen molar-refractivity contribution in [1.29, 1.82) is 0 Å². The highest BCUT2D eigenvalue weighted by Crippen LogP contribution is 2.20. The molecule has 0 aliphatic heterocycles. The van der Waals surface area contributed by atoms with Crippen molar-refractivity contribution in [1.82, 2.24) is 4.57 Å². The molecule has 0 N–H and O–H groups in total. The largest absolute Gasteiger partial charge is 0.243 e. The Hall–Kier alpha value is -0.790. The molecule has 0 saturated heterocycles. The van der Waals surface area contributed by atoms with Crippen LogP contribution in [0.1, 0.15) is 187 Å². The minimum absolute atomic E-state index is 0.711. The summed E-state index contributed by atoms with van der Waals surface area (Å²) in [5.74, 6) is 0. The van der Waals surface area contributed by atoms with Gasteiger partial charge in [0.05, 0.1) is 7.05 Å². The van der Waals surface area contributed by atoms with E-state index in [1.54, 1.807) is 0 Å². The topological polar surface area (TPSA) is 8.81 Å². The number of hydrogen-bond donors (Lipinski definition) is 0. The number of aryl methyl sites for hydroxylation is 1. The summed E-state index contributed by atoms with van der Waals surface area (Å²) in [6, 6.07) is 0.711. The summed E-state index contributed by atoms with van der Waals surface area (Å²) in [5, 5.41) is 0. The van der Waals surface area contributed by atoms with E-state index in [1.165, 1.54) is 167 Å². The minimum atomic E-state index is 0.711. The zero-order valence-electron chi connectivity index (χ0n) is 24.6. The molecule has 0 spiro atoms. The number of unbranched alkanes of at least 4 members (excludes halogenated alkanes) is 22. The fourth-order valence-corrected chi connectivity index (χ4v) is 5.57. The molecular weight excluding hydrogens is 424 g/mol. The maximum Gasteiger partial charge on any atom is 0.243 e. The van der Waals surface area contributed by atoms with Crippen LogP contribution in [0.15, 0.2) is 18.7 Å². The molecule has 206 valence electrons. The van der Waals surface area contributed by atoms with Crippen LogP contribution in [0.4, 0.5) is 0 Å². The molecule has 2 heteroatoms. The van der Waals surface area contributed by atoms with E-state index in [-0.39, 0.29) is 0 Å². The summed E-state index contributed by atoms with van der Waals surface area (Å²) in [7, 11) is 2.15. The smallest absolute Gasteiger partial charge is 0.240 e. The SMILES string of the molecule is CCCCCCCCCCCCCCC(CCCCCCCCCCCCCC)[n+]1ccn(C)c1. The predicted molar refractivity (Wildman–Crippen MR) is 156 cm³/mol. The van der Waals surface area contributed by atoms with Gasteiger partial charge in [0.25, 0.3) is 0 Å². The first kappa shape index (κ1) is 32.2. The van der Waals surface area contributed by atoms with Crippen molar-refractivity contribution in [2.45, 2.75) is 187 Å². The Morgan fingerprint density at radius 3 is 1.09 bits per heavy atom. The van der Waals surface area contributed by atoms with Crippen LogP contribution < -0.4 is 4.57 Å². The third-order valence-electron chi connectivity index (χ3n) is 7.99. The molecule has 2 nitrogen and oxygen atoms in total. The zero-order chi connectivity index (χ0) is 25.2. The lowest BCUT2D eigenvalue weighted by Gasteiger charge is -2.14. The Morgan fingerprint density at radius 1 is 0.486 bits per heavy atom. The molecule has 0 unspecified atom stereocenters. The van der Waals surface area contributed by atoms with Gasteiger partial charge in [0.1, 0.15) is 18.4 Å². The normalized spacial score (nSPS) is 11.7. The Bertz CT molecular complexity index is 507. The van der Waals surface area contributed by atoms with Crippen LogP contribution in [-0.2, 0) is 7.05 Å². The van der Waals surface area contributed by atoms with Crippen LogP contribution in [0.25, 0.3) is 0 Å². The monoisotopic (exact) mass is 490 g/mol. The lowest BCUT2D eigenvalue weighted by atomic mass is 9.99. The van der Waals surface area contributed by atoms with E-state index in [2.05, 4.69) is 48.8 Å². The second kappa shape index (κ2) is 24.9. The molecular formula is C33H65N2+. The molecule has 0 bridgehead atoms. The molecule has 0 fully saturated rings. The molecule has 0 atom stereocenters. The summed E-state index contributed by atoms with van der Waals surface area (Å²) < 4.78 is 4.70. The first-order chi connectivity index (χ1) is 17.3.